The lowest BCUT2D eigenvalue weighted by Gasteiger charge is -2.15. The summed E-state index contributed by atoms with van der Waals surface area (Å²) < 4.78 is 5.24. The van der Waals surface area contributed by atoms with Gasteiger partial charge in [0.2, 0.25) is 0 Å². The minimum Gasteiger partial charge on any atom is -0.467 e. The maximum atomic E-state index is 12.1. The molecule has 1 amide bonds. The van der Waals surface area contributed by atoms with Gasteiger partial charge in [-0.05, 0) is 30.3 Å². The van der Waals surface area contributed by atoms with Gasteiger partial charge in [0.15, 0.2) is 0 Å². The van der Waals surface area contributed by atoms with Gasteiger partial charge < -0.3 is 14.6 Å². The second-order valence-corrected chi connectivity index (χ2v) is 4.76. The lowest BCUT2D eigenvalue weighted by Crippen LogP contribution is -2.22. The second kappa shape index (κ2) is 5.80. The fourth-order valence-electron chi connectivity index (χ4n) is 1.69. The smallest absolute Gasteiger partial charge is 0.255 e. The molecule has 1 N–H and O–H groups in total. The molecule has 0 atom stereocenters. The zero-order valence-corrected chi connectivity index (χ0v) is 11.6. The molecule has 2 rings (SSSR count). The molecule has 5 heteroatoms. The summed E-state index contributed by atoms with van der Waals surface area (Å²) >= 11 is 5.97. The van der Waals surface area contributed by atoms with Crippen LogP contribution in [0.25, 0.3) is 0 Å². The van der Waals surface area contributed by atoms with Gasteiger partial charge in [0.1, 0.15) is 5.76 Å². The highest BCUT2D eigenvalue weighted by Gasteiger charge is 2.13. The lowest BCUT2D eigenvalue weighted by atomic mass is 10.1. The van der Waals surface area contributed by atoms with Crippen molar-refractivity contribution in [1.29, 1.82) is 0 Å². The maximum Gasteiger partial charge on any atom is 0.255 e. The van der Waals surface area contributed by atoms with Crippen molar-refractivity contribution in [3.8, 4) is 0 Å². The van der Waals surface area contributed by atoms with Gasteiger partial charge in [-0.1, -0.05) is 11.6 Å². The third-order valence-corrected chi connectivity index (χ3v) is 2.89. The molecular weight excluding hydrogens is 264 g/mol. The van der Waals surface area contributed by atoms with Crippen LogP contribution in [0, 0.1) is 0 Å². The van der Waals surface area contributed by atoms with Gasteiger partial charge in [0.25, 0.3) is 5.91 Å². The van der Waals surface area contributed by atoms with Crippen molar-refractivity contribution >= 4 is 23.2 Å². The van der Waals surface area contributed by atoms with Crippen LogP contribution in [0.4, 0.5) is 5.69 Å². The van der Waals surface area contributed by atoms with Gasteiger partial charge in [-0.25, -0.2) is 0 Å². The highest BCUT2D eigenvalue weighted by atomic mass is 35.5. The number of carbonyl (C=O) groups excluding carboxylic acids is 1. The Bertz CT molecular complexity index is 565. The van der Waals surface area contributed by atoms with E-state index >= 15 is 0 Å². The first-order chi connectivity index (χ1) is 9.08. The topological polar surface area (TPSA) is 45.5 Å². The number of benzene rings is 1. The zero-order chi connectivity index (χ0) is 13.8. The number of carbonyl (C=O) groups is 1. The van der Waals surface area contributed by atoms with E-state index in [0.29, 0.717) is 22.8 Å². The van der Waals surface area contributed by atoms with Crippen LogP contribution < -0.4 is 5.32 Å². The number of furan rings is 1. The average Bonchev–Trinajstić information content (AvgIpc) is 2.88. The first kappa shape index (κ1) is 13.5. The zero-order valence-electron chi connectivity index (χ0n) is 10.8. The summed E-state index contributed by atoms with van der Waals surface area (Å²) in [4.78, 5) is 13.6. The van der Waals surface area contributed by atoms with Gasteiger partial charge in [0.05, 0.1) is 18.4 Å². The number of amides is 1. The molecule has 0 saturated carbocycles. The van der Waals surface area contributed by atoms with Crippen LogP contribution in [0.2, 0.25) is 5.02 Å². The quantitative estimate of drug-likeness (QED) is 0.934. The Labute approximate surface area is 117 Å². The summed E-state index contributed by atoms with van der Waals surface area (Å²) in [6, 6.07) is 8.85. The molecule has 0 aliphatic heterocycles. The minimum atomic E-state index is -0.0707. The van der Waals surface area contributed by atoms with Crippen LogP contribution in [-0.2, 0) is 6.54 Å². The van der Waals surface area contributed by atoms with Crippen LogP contribution in [0.3, 0.4) is 0 Å². The molecule has 0 spiro atoms. The number of halogens is 1. The van der Waals surface area contributed by atoms with Crippen LogP contribution in [-0.4, -0.2) is 24.9 Å². The van der Waals surface area contributed by atoms with Gasteiger partial charge in [-0.15, -0.1) is 0 Å². The third kappa shape index (κ3) is 3.29. The fraction of sp³-hybridized carbons (Fsp3) is 0.214. The largest absolute Gasteiger partial charge is 0.467 e. The lowest BCUT2D eigenvalue weighted by molar-refractivity contribution is 0.0828. The number of nitrogens with one attached hydrogen (secondary N) is 1. The Morgan fingerprint density at radius 3 is 2.79 bits per heavy atom. The Balaban J connectivity index is 2.22. The van der Waals surface area contributed by atoms with E-state index in [2.05, 4.69) is 5.32 Å². The van der Waals surface area contributed by atoms with Crippen molar-refractivity contribution in [2.75, 3.05) is 19.4 Å². The van der Waals surface area contributed by atoms with Crippen LogP contribution in [0.5, 0.6) is 0 Å². The predicted molar refractivity (Wildman–Crippen MR) is 75.5 cm³/mol. The minimum absolute atomic E-state index is 0.0707. The molecule has 0 unspecified atom stereocenters. The first-order valence-electron chi connectivity index (χ1n) is 5.85. The monoisotopic (exact) mass is 278 g/mol. The molecule has 0 radical (unpaired) electrons. The second-order valence-electron chi connectivity index (χ2n) is 4.32. The Morgan fingerprint density at radius 2 is 2.16 bits per heavy atom. The van der Waals surface area contributed by atoms with E-state index < -0.39 is 0 Å². The molecule has 1 aromatic heterocycles. The van der Waals surface area contributed by atoms with E-state index in [1.54, 1.807) is 38.6 Å². The highest BCUT2D eigenvalue weighted by molar-refractivity contribution is 6.31. The molecule has 19 heavy (non-hydrogen) atoms. The number of nitrogens with zero attached hydrogens (tertiary/aromatic N) is 1. The summed E-state index contributed by atoms with van der Waals surface area (Å²) in [5.41, 5.74) is 1.28. The number of hydrogen-bond donors (Lipinski definition) is 1. The molecule has 100 valence electrons. The van der Waals surface area contributed by atoms with Crippen LogP contribution >= 0.6 is 11.6 Å². The number of rotatable bonds is 4. The highest BCUT2D eigenvalue weighted by Crippen LogP contribution is 2.22. The van der Waals surface area contributed by atoms with Crippen LogP contribution in [0.1, 0.15) is 16.1 Å². The number of hydrogen-bond acceptors (Lipinski definition) is 3. The van der Waals surface area contributed by atoms with Gasteiger partial charge >= 0.3 is 0 Å². The van der Waals surface area contributed by atoms with Crippen molar-refractivity contribution in [3.05, 3.63) is 52.9 Å². The van der Waals surface area contributed by atoms with E-state index in [1.807, 2.05) is 12.1 Å². The molecule has 1 heterocycles. The van der Waals surface area contributed by atoms with Crippen molar-refractivity contribution in [2.45, 2.75) is 6.54 Å². The third-order valence-electron chi connectivity index (χ3n) is 2.65. The fourth-order valence-corrected chi connectivity index (χ4v) is 1.86. The summed E-state index contributed by atoms with van der Waals surface area (Å²) in [6.07, 6.45) is 1.61. The molecule has 0 saturated heterocycles. The summed E-state index contributed by atoms with van der Waals surface area (Å²) in [7, 11) is 3.43. The molecule has 0 bridgehead atoms. The van der Waals surface area contributed by atoms with E-state index in [9.17, 15) is 4.79 Å². The molecular formula is C14H15ClN2O2. The molecule has 0 aliphatic rings. The Kier molecular flexibility index (Phi) is 4.12. The predicted octanol–water partition coefficient (Wildman–Crippen LogP) is 3.25. The molecule has 4 nitrogen and oxygen atoms in total. The molecule has 0 aliphatic carbocycles. The van der Waals surface area contributed by atoms with E-state index in [4.69, 9.17) is 16.0 Å². The SMILES string of the molecule is CN(C)C(=O)c1ccc(Cl)cc1NCc1ccco1. The van der Waals surface area contributed by atoms with Gasteiger partial charge in [-0.2, -0.15) is 0 Å². The average molecular weight is 279 g/mol. The van der Waals surface area contributed by atoms with Crippen molar-refractivity contribution in [1.82, 2.24) is 4.90 Å². The first-order valence-corrected chi connectivity index (χ1v) is 6.23. The van der Waals surface area contributed by atoms with E-state index in [-0.39, 0.29) is 5.91 Å². The standard InChI is InChI=1S/C14H15ClN2O2/c1-17(2)14(18)12-6-5-10(15)8-13(12)16-9-11-4-3-7-19-11/h3-8,16H,9H2,1-2H3. The Hall–Kier alpha value is -1.94. The van der Waals surface area contributed by atoms with Gasteiger partial charge in [-0.3, -0.25) is 4.79 Å². The van der Waals surface area contributed by atoms with Crippen LogP contribution in [0.15, 0.2) is 41.0 Å². The summed E-state index contributed by atoms with van der Waals surface area (Å²) in [5.74, 6) is 0.724. The van der Waals surface area contributed by atoms with Gasteiger partial charge in [0, 0.05) is 24.8 Å². The molecule has 1 aromatic carbocycles. The van der Waals surface area contributed by atoms with E-state index in [0.717, 1.165) is 5.76 Å². The normalized spacial score (nSPS) is 10.3. The van der Waals surface area contributed by atoms with Crippen molar-refractivity contribution in [3.63, 3.8) is 0 Å². The molecule has 2 aromatic rings. The van der Waals surface area contributed by atoms with Crippen molar-refractivity contribution < 1.29 is 9.21 Å². The summed E-state index contributed by atoms with van der Waals surface area (Å²) in [6.45, 7) is 0.501. The Morgan fingerprint density at radius 1 is 1.37 bits per heavy atom. The maximum absolute atomic E-state index is 12.1. The molecule has 0 fully saturated rings. The van der Waals surface area contributed by atoms with E-state index in [1.165, 1.54) is 4.90 Å². The van der Waals surface area contributed by atoms with Crippen molar-refractivity contribution in [2.24, 2.45) is 0 Å². The summed E-state index contributed by atoms with van der Waals surface area (Å²) in [5, 5.41) is 3.75. The number of anilines is 1.